The number of hydrogen-bond acceptors (Lipinski definition) is 4. The zero-order chi connectivity index (χ0) is 10.4. The monoisotopic (exact) mass is 214 g/mol. The summed E-state index contributed by atoms with van der Waals surface area (Å²) in [6.45, 7) is 5.76. The molecule has 4 heteroatoms. The summed E-state index contributed by atoms with van der Waals surface area (Å²) in [5, 5.41) is 12.6. The van der Waals surface area contributed by atoms with Crippen LogP contribution in [-0.4, -0.2) is 22.7 Å². The summed E-state index contributed by atoms with van der Waals surface area (Å²) in [6, 6.07) is 0. The Labute approximate surface area is 89.2 Å². The molecule has 1 rings (SSSR count). The van der Waals surface area contributed by atoms with Crippen LogP contribution < -0.4 is 5.32 Å². The number of thiazole rings is 1. The number of nitrogens with zero attached hydrogens (tertiary/aromatic N) is 1. The summed E-state index contributed by atoms with van der Waals surface area (Å²) < 4.78 is 0. The topological polar surface area (TPSA) is 45.1 Å². The molecule has 0 aromatic carbocycles. The van der Waals surface area contributed by atoms with Gasteiger partial charge in [-0.2, -0.15) is 0 Å². The van der Waals surface area contributed by atoms with E-state index in [0.29, 0.717) is 0 Å². The van der Waals surface area contributed by atoms with Crippen LogP contribution in [0.5, 0.6) is 0 Å². The number of aliphatic hydroxyl groups is 1. The fraction of sp³-hybridized carbons (Fsp3) is 0.700. The smallest absolute Gasteiger partial charge is 0.0798 e. The summed E-state index contributed by atoms with van der Waals surface area (Å²) in [6.07, 6.45) is 1.50. The number of aromatic nitrogens is 1. The Hall–Kier alpha value is -0.450. The molecule has 2 N–H and O–H groups in total. The lowest BCUT2D eigenvalue weighted by Crippen LogP contribution is -2.19. The van der Waals surface area contributed by atoms with Crippen LogP contribution in [0.1, 0.15) is 30.3 Å². The normalized spacial score (nSPS) is 13.1. The van der Waals surface area contributed by atoms with Gasteiger partial charge in [0, 0.05) is 11.4 Å². The number of hydrogen-bond donors (Lipinski definition) is 2. The minimum Gasteiger partial charge on any atom is -0.393 e. The van der Waals surface area contributed by atoms with E-state index < -0.39 is 0 Å². The third-order valence-corrected chi connectivity index (χ3v) is 3.19. The van der Waals surface area contributed by atoms with E-state index in [0.717, 1.165) is 31.6 Å². The molecule has 0 saturated carbocycles. The highest BCUT2D eigenvalue weighted by Crippen LogP contribution is 2.11. The average molecular weight is 214 g/mol. The Morgan fingerprint density at radius 1 is 1.64 bits per heavy atom. The summed E-state index contributed by atoms with van der Waals surface area (Å²) >= 11 is 1.68. The van der Waals surface area contributed by atoms with E-state index in [1.165, 1.54) is 4.88 Å². The molecule has 14 heavy (non-hydrogen) atoms. The van der Waals surface area contributed by atoms with Crippen LogP contribution in [0.15, 0.2) is 5.51 Å². The van der Waals surface area contributed by atoms with E-state index in [-0.39, 0.29) is 6.10 Å². The first-order valence-corrected chi connectivity index (χ1v) is 5.89. The number of aliphatic hydroxyl groups excluding tert-OH is 1. The van der Waals surface area contributed by atoms with Crippen molar-refractivity contribution in [1.29, 1.82) is 0 Å². The zero-order valence-electron chi connectivity index (χ0n) is 8.79. The van der Waals surface area contributed by atoms with Crippen molar-refractivity contribution in [3.05, 3.63) is 16.1 Å². The molecule has 0 aliphatic carbocycles. The van der Waals surface area contributed by atoms with E-state index in [9.17, 15) is 5.11 Å². The van der Waals surface area contributed by atoms with E-state index in [1.54, 1.807) is 11.3 Å². The average Bonchev–Trinajstić information content (AvgIpc) is 2.58. The third kappa shape index (κ3) is 3.74. The summed E-state index contributed by atoms with van der Waals surface area (Å²) in [4.78, 5) is 5.46. The van der Waals surface area contributed by atoms with Crippen molar-refractivity contribution in [2.75, 3.05) is 6.54 Å². The predicted octanol–water partition coefficient (Wildman–Crippen LogP) is 1.70. The Balaban J connectivity index is 2.13. The van der Waals surface area contributed by atoms with Gasteiger partial charge in [0.05, 0.1) is 17.3 Å². The van der Waals surface area contributed by atoms with Gasteiger partial charge < -0.3 is 10.4 Å². The largest absolute Gasteiger partial charge is 0.393 e. The molecule has 1 unspecified atom stereocenters. The highest BCUT2D eigenvalue weighted by molar-refractivity contribution is 7.09. The predicted molar refractivity (Wildman–Crippen MR) is 59.5 cm³/mol. The molecule has 0 aliphatic rings. The second-order valence-corrected chi connectivity index (χ2v) is 4.33. The molecule has 0 radical (unpaired) electrons. The molecule has 0 aliphatic heterocycles. The van der Waals surface area contributed by atoms with E-state index in [1.807, 2.05) is 19.4 Å². The minimum absolute atomic E-state index is 0.162. The van der Waals surface area contributed by atoms with Gasteiger partial charge in [-0.05, 0) is 26.3 Å². The van der Waals surface area contributed by atoms with Crippen LogP contribution in [0.3, 0.4) is 0 Å². The summed E-state index contributed by atoms with van der Waals surface area (Å²) in [5.74, 6) is 0. The van der Waals surface area contributed by atoms with E-state index >= 15 is 0 Å². The SMILES string of the molecule is CCC(O)CCNCc1scnc1C. The van der Waals surface area contributed by atoms with Crippen molar-refractivity contribution >= 4 is 11.3 Å². The lowest BCUT2D eigenvalue weighted by Gasteiger charge is -2.07. The molecule has 0 amide bonds. The zero-order valence-corrected chi connectivity index (χ0v) is 9.60. The first kappa shape index (κ1) is 11.6. The van der Waals surface area contributed by atoms with Crippen LogP contribution in [0, 0.1) is 6.92 Å². The maximum Gasteiger partial charge on any atom is 0.0798 e. The van der Waals surface area contributed by atoms with Gasteiger partial charge >= 0.3 is 0 Å². The van der Waals surface area contributed by atoms with Crippen molar-refractivity contribution in [3.8, 4) is 0 Å². The van der Waals surface area contributed by atoms with Gasteiger partial charge in [0.1, 0.15) is 0 Å². The third-order valence-electron chi connectivity index (χ3n) is 2.26. The summed E-state index contributed by atoms with van der Waals surface area (Å²) in [5.41, 5.74) is 2.98. The highest BCUT2D eigenvalue weighted by Gasteiger charge is 2.02. The van der Waals surface area contributed by atoms with Crippen LogP contribution in [0.4, 0.5) is 0 Å². The van der Waals surface area contributed by atoms with Crippen molar-refractivity contribution in [3.63, 3.8) is 0 Å². The van der Waals surface area contributed by atoms with Gasteiger partial charge in [0.15, 0.2) is 0 Å². The maximum atomic E-state index is 9.32. The van der Waals surface area contributed by atoms with Crippen LogP contribution in [-0.2, 0) is 6.54 Å². The fourth-order valence-electron chi connectivity index (χ4n) is 1.17. The Kier molecular flexibility index (Phi) is 5.07. The molecular formula is C10H18N2OS. The number of nitrogens with one attached hydrogen (secondary N) is 1. The Bertz CT molecular complexity index is 262. The molecule has 80 valence electrons. The molecular weight excluding hydrogens is 196 g/mol. The van der Waals surface area contributed by atoms with Crippen molar-refractivity contribution in [2.45, 2.75) is 39.3 Å². The first-order valence-electron chi connectivity index (χ1n) is 5.01. The van der Waals surface area contributed by atoms with Gasteiger partial charge in [-0.15, -0.1) is 11.3 Å². The number of aryl methyl sites for hydroxylation is 1. The molecule has 0 bridgehead atoms. The molecule has 1 aromatic heterocycles. The Morgan fingerprint density at radius 3 is 3.00 bits per heavy atom. The summed E-state index contributed by atoms with van der Waals surface area (Å²) in [7, 11) is 0. The fourth-order valence-corrected chi connectivity index (χ4v) is 1.92. The number of rotatable bonds is 6. The second-order valence-electron chi connectivity index (χ2n) is 3.39. The molecule has 1 aromatic rings. The van der Waals surface area contributed by atoms with Gasteiger partial charge in [-0.25, -0.2) is 4.98 Å². The molecule has 0 fully saturated rings. The van der Waals surface area contributed by atoms with Crippen molar-refractivity contribution in [2.24, 2.45) is 0 Å². The van der Waals surface area contributed by atoms with Crippen LogP contribution in [0.25, 0.3) is 0 Å². The van der Waals surface area contributed by atoms with E-state index in [2.05, 4.69) is 10.3 Å². The van der Waals surface area contributed by atoms with Crippen LogP contribution >= 0.6 is 11.3 Å². The quantitative estimate of drug-likeness (QED) is 0.709. The van der Waals surface area contributed by atoms with Crippen LogP contribution in [0.2, 0.25) is 0 Å². The second kappa shape index (κ2) is 6.11. The first-order chi connectivity index (χ1) is 6.74. The molecule has 0 spiro atoms. The molecule has 0 saturated heterocycles. The van der Waals surface area contributed by atoms with Crippen molar-refractivity contribution in [1.82, 2.24) is 10.3 Å². The van der Waals surface area contributed by atoms with E-state index in [4.69, 9.17) is 0 Å². The maximum absolute atomic E-state index is 9.32. The van der Waals surface area contributed by atoms with Gasteiger partial charge in [-0.1, -0.05) is 6.92 Å². The molecule has 3 nitrogen and oxygen atoms in total. The van der Waals surface area contributed by atoms with Gasteiger partial charge in [-0.3, -0.25) is 0 Å². The standard InChI is InChI=1S/C10H18N2OS/c1-3-9(13)4-5-11-6-10-8(2)12-7-14-10/h7,9,11,13H,3-6H2,1-2H3. The highest BCUT2D eigenvalue weighted by atomic mass is 32.1. The Morgan fingerprint density at radius 2 is 2.43 bits per heavy atom. The molecule has 1 atom stereocenters. The van der Waals surface area contributed by atoms with Gasteiger partial charge in [0.2, 0.25) is 0 Å². The van der Waals surface area contributed by atoms with Crippen molar-refractivity contribution < 1.29 is 5.11 Å². The molecule has 1 heterocycles. The lowest BCUT2D eigenvalue weighted by atomic mass is 10.2. The van der Waals surface area contributed by atoms with Gasteiger partial charge in [0.25, 0.3) is 0 Å². The minimum atomic E-state index is -0.162. The lowest BCUT2D eigenvalue weighted by molar-refractivity contribution is 0.160.